The molecule has 128 valence electrons. The second kappa shape index (κ2) is 7.04. The van der Waals surface area contributed by atoms with Crippen molar-refractivity contribution in [1.29, 1.82) is 0 Å². The van der Waals surface area contributed by atoms with Crippen LogP contribution in [0.1, 0.15) is 24.4 Å². The molecule has 1 aromatic heterocycles. The first-order chi connectivity index (χ1) is 11.5. The van der Waals surface area contributed by atoms with Crippen LogP contribution in [0.15, 0.2) is 24.3 Å². The van der Waals surface area contributed by atoms with Gasteiger partial charge in [0, 0.05) is 19.5 Å². The van der Waals surface area contributed by atoms with Gasteiger partial charge in [-0.1, -0.05) is 12.1 Å². The summed E-state index contributed by atoms with van der Waals surface area (Å²) in [6.45, 7) is 5.24. The highest BCUT2D eigenvalue weighted by atomic mass is 19.1. The van der Waals surface area contributed by atoms with Crippen molar-refractivity contribution in [2.24, 2.45) is 0 Å². The van der Waals surface area contributed by atoms with Gasteiger partial charge in [0.2, 0.25) is 5.91 Å². The number of morpholine rings is 1. The Morgan fingerprint density at radius 3 is 3.00 bits per heavy atom. The van der Waals surface area contributed by atoms with Crippen LogP contribution in [0.25, 0.3) is 0 Å². The van der Waals surface area contributed by atoms with Crippen LogP contribution < -0.4 is 0 Å². The van der Waals surface area contributed by atoms with E-state index in [-0.39, 0.29) is 17.8 Å². The van der Waals surface area contributed by atoms with Crippen LogP contribution >= 0.6 is 0 Å². The number of benzene rings is 1. The second-order valence-corrected chi connectivity index (χ2v) is 5.99. The summed E-state index contributed by atoms with van der Waals surface area (Å²) in [5, 5.41) is 11.5. The Labute approximate surface area is 139 Å². The van der Waals surface area contributed by atoms with E-state index >= 15 is 0 Å². The summed E-state index contributed by atoms with van der Waals surface area (Å²) in [6, 6.07) is 5.64. The van der Waals surface area contributed by atoms with Crippen LogP contribution in [0.4, 0.5) is 4.39 Å². The molecule has 0 spiro atoms. The normalized spacial score (nSPS) is 19.3. The van der Waals surface area contributed by atoms with E-state index in [0.717, 1.165) is 5.56 Å². The first-order valence-electron chi connectivity index (χ1n) is 7.94. The second-order valence-electron chi connectivity index (χ2n) is 5.99. The number of aryl methyl sites for hydroxylation is 1. The number of hydrogen-bond acceptors (Lipinski definition) is 5. The number of tetrazole rings is 1. The van der Waals surface area contributed by atoms with E-state index in [9.17, 15) is 9.18 Å². The lowest BCUT2D eigenvalue weighted by molar-refractivity contribution is -0.142. The number of carbonyl (C=O) groups is 1. The van der Waals surface area contributed by atoms with Crippen molar-refractivity contribution in [2.75, 3.05) is 19.7 Å². The number of ether oxygens (including phenoxy) is 1. The summed E-state index contributed by atoms with van der Waals surface area (Å²) >= 11 is 0. The van der Waals surface area contributed by atoms with Gasteiger partial charge in [-0.2, -0.15) is 0 Å². The molecule has 1 saturated heterocycles. The van der Waals surface area contributed by atoms with Crippen LogP contribution in [0.2, 0.25) is 0 Å². The van der Waals surface area contributed by atoms with Crippen LogP contribution in [-0.4, -0.2) is 56.8 Å². The maximum atomic E-state index is 13.5. The molecule has 3 rings (SSSR count). The lowest BCUT2D eigenvalue weighted by Crippen LogP contribution is -2.48. The molecule has 0 radical (unpaired) electrons. The van der Waals surface area contributed by atoms with Gasteiger partial charge in [-0.25, -0.2) is 9.07 Å². The van der Waals surface area contributed by atoms with Crippen molar-refractivity contribution in [3.63, 3.8) is 0 Å². The Kier molecular flexibility index (Phi) is 4.84. The Morgan fingerprint density at radius 2 is 2.33 bits per heavy atom. The molecule has 7 nitrogen and oxygen atoms in total. The maximum absolute atomic E-state index is 13.5. The van der Waals surface area contributed by atoms with Gasteiger partial charge in [-0.05, 0) is 42.0 Å². The molecule has 2 aromatic rings. The molecule has 24 heavy (non-hydrogen) atoms. The van der Waals surface area contributed by atoms with Crippen molar-refractivity contribution in [1.82, 2.24) is 25.1 Å². The smallest absolute Gasteiger partial charge is 0.248 e. The van der Waals surface area contributed by atoms with Crippen molar-refractivity contribution in [3.05, 3.63) is 41.5 Å². The predicted molar refractivity (Wildman–Crippen MR) is 83.7 cm³/mol. The predicted octanol–water partition coefficient (Wildman–Crippen LogP) is 1.15. The summed E-state index contributed by atoms with van der Waals surface area (Å²) < 4.78 is 20.5. The fourth-order valence-electron chi connectivity index (χ4n) is 2.92. The average Bonchev–Trinajstić information content (AvgIpc) is 2.98. The topological polar surface area (TPSA) is 73.1 Å². The fourth-order valence-corrected chi connectivity index (χ4v) is 2.92. The van der Waals surface area contributed by atoms with Crippen molar-refractivity contribution in [2.45, 2.75) is 32.4 Å². The largest absolute Gasteiger partial charge is 0.375 e. The zero-order valence-electron chi connectivity index (χ0n) is 13.7. The molecule has 2 heterocycles. The van der Waals surface area contributed by atoms with Crippen molar-refractivity contribution < 1.29 is 13.9 Å². The number of nitrogens with zero attached hydrogens (tertiary/aromatic N) is 5. The first kappa shape index (κ1) is 16.5. The minimum absolute atomic E-state index is 0.00696. The van der Waals surface area contributed by atoms with E-state index in [1.807, 2.05) is 6.92 Å². The van der Waals surface area contributed by atoms with Gasteiger partial charge >= 0.3 is 0 Å². The number of rotatable bonds is 4. The minimum Gasteiger partial charge on any atom is -0.375 e. The highest BCUT2D eigenvalue weighted by molar-refractivity contribution is 5.81. The van der Waals surface area contributed by atoms with Gasteiger partial charge in [0.15, 0.2) is 0 Å². The number of halogens is 1. The number of carbonyl (C=O) groups excluding carboxylic acids is 1. The molecule has 0 aliphatic carbocycles. The molecule has 1 aliphatic rings. The van der Waals surface area contributed by atoms with Gasteiger partial charge in [-0.3, -0.25) is 4.79 Å². The Bertz CT molecular complexity index is 720. The molecule has 0 saturated carbocycles. The first-order valence-corrected chi connectivity index (χ1v) is 7.94. The third-order valence-corrected chi connectivity index (χ3v) is 4.11. The summed E-state index contributed by atoms with van der Waals surface area (Å²) in [5.74, 6) is 0.142. The average molecular weight is 333 g/mol. The molecule has 1 aromatic carbocycles. The molecule has 8 heteroatoms. The highest BCUT2D eigenvalue weighted by Crippen LogP contribution is 2.20. The Balaban J connectivity index is 1.87. The Morgan fingerprint density at radius 1 is 1.50 bits per heavy atom. The van der Waals surface area contributed by atoms with Gasteiger partial charge < -0.3 is 9.64 Å². The lowest BCUT2D eigenvalue weighted by atomic mass is 10.0. The van der Waals surface area contributed by atoms with E-state index in [2.05, 4.69) is 15.5 Å². The molecular weight excluding hydrogens is 313 g/mol. The number of amides is 1. The van der Waals surface area contributed by atoms with E-state index < -0.39 is 6.04 Å². The van der Waals surface area contributed by atoms with Crippen molar-refractivity contribution >= 4 is 5.91 Å². The van der Waals surface area contributed by atoms with Gasteiger partial charge in [0.05, 0.1) is 12.7 Å². The van der Waals surface area contributed by atoms with Crippen LogP contribution in [0.3, 0.4) is 0 Å². The third-order valence-electron chi connectivity index (χ3n) is 4.11. The van der Waals surface area contributed by atoms with Gasteiger partial charge in [0.25, 0.3) is 0 Å². The SMILES string of the molecule is Cc1nnnn1[C@@H](Cc1cccc(F)c1)C(=O)N1CCO[C@H](C)C1. The summed E-state index contributed by atoms with van der Waals surface area (Å²) in [7, 11) is 0. The van der Waals surface area contributed by atoms with Crippen molar-refractivity contribution in [3.8, 4) is 0 Å². The lowest BCUT2D eigenvalue weighted by Gasteiger charge is -2.33. The molecular formula is C16H20FN5O2. The molecule has 1 amide bonds. The van der Waals surface area contributed by atoms with Gasteiger partial charge in [0.1, 0.15) is 17.7 Å². The van der Waals surface area contributed by atoms with Gasteiger partial charge in [-0.15, -0.1) is 5.10 Å². The minimum atomic E-state index is -0.605. The summed E-state index contributed by atoms with van der Waals surface area (Å²) in [5.41, 5.74) is 0.726. The molecule has 0 bridgehead atoms. The van der Waals surface area contributed by atoms with Crippen LogP contribution in [0, 0.1) is 12.7 Å². The monoisotopic (exact) mass is 333 g/mol. The van der Waals surface area contributed by atoms with E-state index in [1.165, 1.54) is 16.8 Å². The molecule has 1 fully saturated rings. The summed E-state index contributed by atoms with van der Waals surface area (Å²) in [4.78, 5) is 14.8. The standard InChI is InChI=1S/C16H20FN5O2/c1-11-10-21(6-7-24-11)16(23)15(22-12(2)18-19-20-22)9-13-4-3-5-14(17)8-13/h3-5,8,11,15H,6-7,9-10H2,1-2H3/t11-,15+/m1/s1. The third kappa shape index (κ3) is 3.59. The molecule has 2 atom stereocenters. The zero-order valence-corrected chi connectivity index (χ0v) is 13.7. The van der Waals surface area contributed by atoms with E-state index in [4.69, 9.17) is 4.74 Å². The zero-order chi connectivity index (χ0) is 17.1. The quantitative estimate of drug-likeness (QED) is 0.839. The van der Waals surface area contributed by atoms with E-state index in [1.54, 1.807) is 24.0 Å². The highest BCUT2D eigenvalue weighted by Gasteiger charge is 2.31. The fraction of sp³-hybridized carbons (Fsp3) is 0.500. The maximum Gasteiger partial charge on any atom is 0.248 e. The molecule has 0 unspecified atom stereocenters. The van der Waals surface area contributed by atoms with Crippen LogP contribution in [-0.2, 0) is 16.0 Å². The summed E-state index contributed by atoms with van der Waals surface area (Å²) in [6.07, 6.45) is 0.321. The van der Waals surface area contributed by atoms with E-state index in [0.29, 0.717) is 31.9 Å². The molecule has 0 N–H and O–H groups in total. The van der Waals surface area contributed by atoms with Crippen LogP contribution in [0.5, 0.6) is 0 Å². The Hall–Kier alpha value is -2.35. The number of hydrogen-bond donors (Lipinski definition) is 0. The molecule has 1 aliphatic heterocycles. The number of aromatic nitrogens is 4.